The van der Waals surface area contributed by atoms with Crippen LogP contribution in [-0.2, 0) is 4.79 Å². The molecule has 0 fully saturated rings. The molecule has 0 aliphatic carbocycles. The normalized spacial score (nSPS) is 11.9. The van der Waals surface area contributed by atoms with Crippen LogP contribution in [0.3, 0.4) is 0 Å². The van der Waals surface area contributed by atoms with Crippen LogP contribution in [0.1, 0.15) is 18.1 Å². The van der Waals surface area contributed by atoms with Crippen molar-refractivity contribution >= 4 is 23.7 Å². The predicted molar refractivity (Wildman–Crippen MR) is 103 cm³/mol. The van der Waals surface area contributed by atoms with E-state index in [1.54, 1.807) is 37.3 Å². The van der Waals surface area contributed by atoms with E-state index in [0.717, 1.165) is 5.56 Å². The van der Waals surface area contributed by atoms with E-state index in [4.69, 9.17) is 25.8 Å². The lowest BCUT2D eigenvalue weighted by Crippen LogP contribution is -2.33. The minimum absolute atomic E-state index is 0.110. The zero-order chi connectivity index (χ0) is 20.0. The molecule has 2 N–H and O–H groups in total. The van der Waals surface area contributed by atoms with Crippen LogP contribution in [0.4, 0.5) is 0 Å². The van der Waals surface area contributed by atoms with Gasteiger partial charge in [0.2, 0.25) is 5.75 Å². The third-order valence-corrected chi connectivity index (χ3v) is 3.94. The quantitative estimate of drug-likeness (QED) is 0.557. The van der Waals surface area contributed by atoms with Crippen molar-refractivity contribution in [1.29, 1.82) is 0 Å². The molecule has 0 saturated carbocycles. The van der Waals surface area contributed by atoms with Crippen molar-refractivity contribution in [3.8, 4) is 23.0 Å². The Morgan fingerprint density at radius 2 is 1.81 bits per heavy atom. The molecule has 27 heavy (non-hydrogen) atoms. The van der Waals surface area contributed by atoms with Crippen LogP contribution in [0.15, 0.2) is 35.4 Å². The molecule has 7 nitrogen and oxygen atoms in total. The molecule has 0 radical (unpaired) electrons. The fourth-order valence-corrected chi connectivity index (χ4v) is 2.47. The van der Waals surface area contributed by atoms with Gasteiger partial charge in [-0.15, -0.1) is 0 Å². The summed E-state index contributed by atoms with van der Waals surface area (Å²) in [6.07, 6.45) is 0.647. The van der Waals surface area contributed by atoms with Gasteiger partial charge in [0.05, 0.1) is 20.4 Å². The number of carbonyl (C=O) groups is 1. The van der Waals surface area contributed by atoms with E-state index < -0.39 is 12.0 Å². The SMILES string of the molecule is COc1cc(C=NNC(=O)C(C)Oc2ccc(Cl)cc2C)cc(OC)c1O. The number of carbonyl (C=O) groups excluding carboxylic acids is 1. The Labute approximate surface area is 162 Å². The molecular formula is C19H21ClN2O5. The third-order valence-electron chi connectivity index (χ3n) is 3.70. The Kier molecular flexibility index (Phi) is 6.90. The summed E-state index contributed by atoms with van der Waals surface area (Å²) < 4.78 is 15.8. The van der Waals surface area contributed by atoms with Crippen LogP contribution in [-0.4, -0.2) is 37.6 Å². The predicted octanol–water partition coefficient (Wildman–Crippen LogP) is 3.29. The fourth-order valence-electron chi connectivity index (χ4n) is 2.24. The summed E-state index contributed by atoms with van der Waals surface area (Å²) in [6.45, 7) is 3.46. The van der Waals surface area contributed by atoms with Crippen molar-refractivity contribution in [3.63, 3.8) is 0 Å². The maximum atomic E-state index is 12.2. The Hall–Kier alpha value is -2.93. The Balaban J connectivity index is 2.02. The van der Waals surface area contributed by atoms with Gasteiger partial charge in [-0.05, 0) is 49.7 Å². The minimum atomic E-state index is -0.758. The van der Waals surface area contributed by atoms with Crippen LogP contribution in [0.2, 0.25) is 5.02 Å². The van der Waals surface area contributed by atoms with Gasteiger partial charge in [0.25, 0.3) is 5.91 Å². The van der Waals surface area contributed by atoms with Crippen molar-refractivity contribution < 1.29 is 24.1 Å². The van der Waals surface area contributed by atoms with Crippen LogP contribution < -0.4 is 19.6 Å². The number of phenolic OH excluding ortho intramolecular Hbond substituents is 1. The number of ether oxygens (including phenoxy) is 3. The number of nitrogens with zero attached hydrogens (tertiary/aromatic N) is 1. The van der Waals surface area contributed by atoms with Crippen molar-refractivity contribution in [3.05, 3.63) is 46.5 Å². The molecule has 0 spiro atoms. The van der Waals surface area contributed by atoms with Crippen molar-refractivity contribution in [2.24, 2.45) is 5.10 Å². The topological polar surface area (TPSA) is 89.4 Å². The number of hydrazone groups is 1. The number of methoxy groups -OCH3 is 2. The van der Waals surface area contributed by atoms with E-state index in [-0.39, 0.29) is 17.2 Å². The molecule has 1 unspecified atom stereocenters. The summed E-state index contributed by atoms with van der Waals surface area (Å²) in [5.41, 5.74) is 3.81. The summed E-state index contributed by atoms with van der Waals surface area (Å²) in [5.74, 6) is 0.507. The molecule has 2 aromatic carbocycles. The summed E-state index contributed by atoms with van der Waals surface area (Å²) in [7, 11) is 2.85. The molecular weight excluding hydrogens is 372 g/mol. The van der Waals surface area contributed by atoms with Crippen LogP contribution in [0, 0.1) is 6.92 Å². The first-order chi connectivity index (χ1) is 12.8. The summed E-state index contributed by atoms with van der Waals surface area (Å²) in [5, 5.41) is 14.4. The summed E-state index contributed by atoms with van der Waals surface area (Å²) in [4.78, 5) is 12.2. The van der Waals surface area contributed by atoms with Gasteiger partial charge in [0.1, 0.15) is 5.75 Å². The summed E-state index contributed by atoms with van der Waals surface area (Å²) in [6, 6.07) is 8.28. The Morgan fingerprint density at radius 3 is 2.37 bits per heavy atom. The molecule has 0 saturated heterocycles. The molecule has 0 aliphatic rings. The number of benzene rings is 2. The molecule has 2 rings (SSSR count). The van der Waals surface area contributed by atoms with Gasteiger partial charge in [-0.2, -0.15) is 5.10 Å². The molecule has 2 aromatic rings. The first-order valence-corrected chi connectivity index (χ1v) is 8.44. The minimum Gasteiger partial charge on any atom is -0.502 e. The molecule has 0 aromatic heterocycles. The highest BCUT2D eigenvalue weighted by Crippen LogP contribution is 2.36. The van der Waals surface area contributed by atoms with E-state index in [1.807, 2.05) is 6.92 Å². The first-order valence-electron chi connectivity index (χ1n) is 8.06. The van der Waals surface area contributed by atoms with Gasteiger partial charge >= 0.3 is 0 Å². The van der Waals surface area contributed by atoms with Crippen LogP contribution in [0.25, 0.3) is 0 Å². The lowest BCUT2D eigenvalue weighted by atomic mass is 10.2. The highest BCUT2D eigenvalue weighted by Gasteiger charge is 2.15. The third kappa shape index (κ3) is 5.27. The average molecular weight is 393 g/mol. The highest BCUT2D eigenvalue weighted by atomic mass is 35.5. The lowest BCUT2D eigenvalue weighted by molar-refractivity contribution is -0.127. The number of hydrogen-bond acceptors (Lipinski definition) is 6. The number of aryl methyl sites for hydroxylation is 1. The van der Waals surface area contributed by atoms with Crippen molar-refractivity contribution in [2.45, 2.75) is 20.0 Å². The Bertz CT molecular complexity index is 829. The van der Waals surface area contributed by atoms with Gasteiger partial charge in [-0.3, -0.25) is 4.79 Å². The highest BCUT2D eigenvalue weighted by molar-refractivity contribution is 6.30. The fraction of sp³-hybridized carbons (Fsp3) is 0.263. The van der Waals surface area contributed by atoms with Gasteiger partial charge in [0.15, 0.2) is 17.6 Å². The van der Waals surface area contributed by atoms with E-state index >= 15 is 0 Å². The smallest absolute Gasteiger partial charge is 0.280 e. The molecule has 1 amide bonds. The molecule has 0 aliphatic heterocycles. The number of hydrogen-bond donors (Lipinski definition) is 2. The van der Waals surface area contributed by atoms with E-state index in [9.17, 15) is 9.90 Å². The monoisotopic (exact) mass is 392 g/mol. The number of amides is 1. The van der Waals surface area contributed by atoms with E-state index in [2.05, 4.69) is 10.5 Å². The number of halogens is 1. The number of nitrogens with one attached hydrogen (secondary N) is 1. The van der Waals surface area contributed by atoms with Crippen molar-refractivity contribution in [1.82, 2.24) is 5.43 Å². The summed E-state index contributed by atoms with van der Waals surface area (Å²) >= 11 is 5.91. The zero-order valence-electron chi connectivity index (χ0n) is 15.4. The van der Waals surface area contributed by atoms with Gasteiger partial charge in [0, 0.05) is 10.6 Å². The second-order valence-electron chi connectivity index (χ2n) is 5.68. The van der Waals surface area contributed by atoms with Crippen LogP contribution >= 0.6 is 11.6 Å². The standard InChI is InChI=1S/C19H21ClN2O5/c1-11-7-14(20)5-6-15(11)27-12(2)19(24)22-21-10-13-8-16(25-3)18(23)17(9-13)26-4/h5-10,12,23H,1-4H3,(H,22,24). The maximum Gasteiger partial charge on any atom is 0.280 e. The molecule has 1 atom stereocenters. The first kappa shape index (κ1) is 20.4. The average Bonchev–Trinajstić information content (AvgIpc) is 2.64. The maximum absolute atomic E-state index is 12.2. The number of rotatable bonds is 7. The Morgan fingerprint density at radius 1 is 1.19 bits per heavy atom. The van der Waals surface area contributed by atoms with E-state index in [0.29, 0.717) is 16.3 Å². The van der Waals surface area contributed by atoms with Gasteiger partial charge in [-0.25, -0.2) is 5.43 Å². The molecule has 0 heterocycles. The molecule has 144 valence electrons. The van der Waals surface area contributed by atoms with Crippen LogP contribution in [0.5, 0.6) is 23.0 Å². The number of aromatic hydroxyl groups is 1. The largest absolute Gasteiger partial charge is 0.502 e. The van der Waals surface area contributed by atoms with E-state index in [1.165, 1.54) is 20.4 Å². The van der Waals surface area contributed by atoms with Gasteiger partial charge < -0.3 is 19.3 Å². The molecule has 0 bridgehead atoms. The van der Waals surface area contributed by atoms with Gasteiger partial charge in [-0.1, -0.05) is 11.6 Å². The molecule has 8 heteroatoms. The zero-order valence-corrected chi connectivity index (χ0v) is 16.2. The second-order valence-corrected chi connectivity index (χ2v) is 6.11. The van der Waals surface area contributed by atoms with Crippen molar-refractivity contribution in [2.75, 3.05) is 14.2 Å². The number of phenols is 1. The lowest BCUT2D eigenvalue weighted by Gasteiger charge is -2.15. The second kappa shape index (κ2) is 9.14.